The van der Waals surface area contributed by atoms with Gasteiger partial charge in [0.1, 0.15) is 5.75 Å². The average Bonchev–Trinajstić information content (AvgIpc) is 2.28. The molecule has 0 aliphatic carbocycles. The molecule has 3 nitrogen and oxygen atoms in total. The Hall–Kier alpha value is -1.22. The fraction of sp³-hybridized carbons (Fsp3) is 0.538. The first kappa shape index (κ1) is 12.8. The predicted molar refractivity (Wildman–Crippen MR) is 67.1 cm³/mol. The molecule has 1 aromatic carbocycles. The van der Waals surface area contributed by atoms with Crippen LogP contribution in [0.4, 0.5) is 5.69 Å². The van der Waals surface area contributed by atoms with Gasteiger partial charge in [0.05, 0.1) is 7.11 Å². The van der Waals surface area contributed by atoms with Gasteiger partial charge in [0.25, 0.3) is 0 Å². The fourth-order valence-corrected chi connectivity index (χ4v) is 1.63. The first-order valence-electron chi connectivity index (χ1n) is 5.44. The van der Waals surface area contributed by atoms with Crippen LogP contribution >= 0.6 is 0 Å². The van der Waals surface area contributed by atoms with Gasteiger partial charge in [-0.2, -0.15) is 0 Å². The highest BCUT2D eigenvalue weighted by molar-refractivity contribution is 5.50. The highest BCUT2D eigenvalue weighted by atomic mass is 16.5. The van der Waals surface area contributed by atoms with Crippen molar-refractivity contribution in [2.45, 2.75) is 13.8 Å². The summed E-state index contributed by atoms with van der Waals surface area (Å²) in [4.78, 5) is 2.12. The lowest BCUT2D eigenvalue weighted by molar-refractivity contribution is 0.165. The number of ether oxygens (including phenoxy) is 1. The lowest BCUT2D eigenvalue weighted by Gasteiger charge is -2.30. The maximum Gasteiger partial charge on any atom is 0.120 e. The largest absolute Gasteiger partial charge is 0.497 e. The molecule has 0 saturated heterocycles. The zero-order valence-corrected chi connectivity index (χ0v) is 10.5. The van der Waals surface area contributed by atoms with Crippen molar-refractivity contribution in [3.63, 3.8) is 0 Å². The van der Waals surface area contributed by atoms with Gasteiger partial charge in [0.15, 0.2) is 0 Å². The van der Waals surface area contributed by atoms with E-state index in [0.29, 0.717) is 0 Å². The third-order valence-corrected chi connectivity index (χ3v) is 2.59. The summed E-state index contributed by atoms with van der Waals surface area (Å²) < 4.78 is 5.19. The maximum atomic E-state index is 9.24. The Bertz CT molecular complexity index is 336. The number of aliphatic hydroxyl groups excluding tert-OH is 1. The Morgan fingerprint density at radius 2 is 2.06 bits per heavy atom. The molecule has 1 aromatic rings. The second kappa shape index (κ2) is 5.21. The second-order valence-electron chi connectivity index (χ2n) is 4.88. The molecule has 90 valence electrons. The monoisotopic (exact) mass is 223 g/mol. The Morgan fingerprint density at radius 1 is 1.38 bits per heavy atom. The second-order valence-corrected chi connectivity index (χ2v) is 4.88. The zero-order valence-electron chi connectivity index (χ0n) is 10.5. The summed E-state index contributed by atoms with van der Waals surface area (Å²) >= 11 is 0. The van der Waals surface area contributed by atoms with Gasteiger partial charge in [-0.25, -0.2) is 0 Å². The van der Waals surface area contributed by atoms with Crippen molar-refractivity contribution in [3.8, 4) is 5.75 Å². The van der Waals surface area contributed by atoms with E-state index < -0.39 is 0 Å². The smallest absolute Gasteiger partial charge is 0.120 e. The van der Waals surface area contributed by atoms with E-state index >= 15 is 0 Å². The van der Waals surface area contributed by atoms with Crippen molar-refractivity contribution in [2.75, 3.05) is 32.2 Å². The Kier molecular flexibility index (Phi) is 4.19. The van der Waals surface area contributed by atoms with E-state index in [0.717, 1.165) is 18.0 Å². The van der Waals surface area contributed by atoms with Gasteiger partial charge in [0.2, 0.25) is 0 Å². The van der Waals surface area contributed by atoms with Crippen molar-refractivity contribution < 1.29 is 9.84 Å². The molecular formula is C13H21NO2. The van der Waals surface area contributed by atoms with Gasteiger partial charge >= 0.3 is 0 Å². The number of nitrogens with zero attached hydrogens (tertiary/aromatic N) is 1. The van der Waals surface area contributed by atoms with Crippen LogP contribution in [0.25, 0.3) is 0 Å². The predicted octanol–water partition coefficient (Wildman–Crippen LogP) is 2.15. The summed E-state index contributed by atoms with van der Waals surface area (Å²) in [5.74, 6) is 0.853. The van der Waals surface area contributed by atoms with Gasteiger partial charge in [-0.1, -0.05) is 19.9 Å². The molecule has 0 bridgehead atoms. The third-order valence-electron chi connectivity index (χ3n) is 2.59. The lowest BCUT2D eigenvalue weighted by Crippen LogP contribution is -2.33. The van der Waals surface area contributed by atoms with Gasteiger partial charge in [-0.15, -0.1) is 0 Å². The van der Waals surface area contributed by atoms with Gasteiger partial charge < -0.3 is 14.7 Å². The summed E-state index contributed by atoms with van der Waals surface area (Å²) in [5, 5.41) is 9.24. The normalized spacial score (nSPS) is 11.3. The van der Waals surface area contributed by atoms with Crippen molar-refractivity contribution in [2.24, 2.45) is 5.41 Å². The van der Waals surface area contributed by atoms with E-state index in [4.69, 9.17) is 4.74 Å². The van der Waals surface area contributed by atoms with Crippen LogP contribution in [-0.2, 0) is 0 Å². The molecule has 0 fully saturated rings. The van der Waals surface area contributed by atoms with E-state index in [1.54, 1.807) is 7.11 Å². The van der Waals surface area contributed by atoms with E-state index in [-0.39, 0.29) is 12.0 Å². The number of hydrogen-bond donors (Lipinski definition) is 1. The molecule has 0 spiro atoms. The number of anilines is 1. The molecule has 1 rings (SSSR count). The molecular weight excluding hydrogens is 202 g/mol. The third kappa shape index (κ3) is 3.42. The molecule has 0 amide bonds. The van der Waals surface area contributed by atoms with Gasteiger partial charge in [0, 0.05) is 37.4 Å². The van der Waals surface area contributed by atoms with Crippen LogP contribution in [0, 0.1) is 5.41 Å². The van der Waals surface area contributed by atoms with Gasteiger partial charge in [-0.3, -0.25) is 0 Å². The molecule has 0 atom stereocenters. The van der Waals surface area contributed by atoms with Crippen LogP contribution < -0.4 is 9.64 Å². The Morgan fingerprint density at radius 3 is 2.62 bits per heavy atom. The van der Waals surface area contributed by atoms with Crippen LogP contribution in [-0.4, -0.2) is 32.4 Å². The van der Waals surface area contributed by atoms with Crippen LogP contribution in [0.5, 0.6) is 5.75 Å². The Balaban J connectivity index is 2.76. The van der Waals surface area contributed by atoms with Crippen molar-refractivity contribution in [3.05, 3.63) is 24.3 Å². The summed E-state index contributed by atoms with van der Waals surface area (Å²) in [7, 11) is 3.68. The van der Waals surface area contributed by atoms with Crippen LogP contribution in [0.3, 0.4) is 0 Å². The van der Waals surface area contributed by atoms with Crippen molar-refractivity contribution >= 4 is 5.69 Å². The van der Waals surface area contributed by atoms with Crippen LogP contribution in [0.15, 0.2) is 24.3 Å². The minimum absolute atomic E-state index is 0.0994. The molecule has 0 saturated carbocycles. The summed E-state index contributed by atoms with van der Waals surface area (Å²) in [5.41, 5.74) is 0.999. The molecule has 0 aromatic heterocycles. The molecule has 0 heterocycles. The molecule has 0 aliphatic heterocycles. The van der Waals surface area contributed by atoms with Crippen LogP contribution in [0.2, 0.25) is 0 Å². The number of methoxy groups -OCH3 is 1. The standard InChI is InChI=1S/C13H21NO2/c1-13(2,10-15)9-14(3)11-6-5-7-12(8-11)16-4/h5-8,15H,9-10H2,1-4H3. The number of aliphatic hydroxyl groups is 1. The fourth-order valence-electron chi connectivity index (χ4n) is 1.63. The molecule has 0 unspecified atom stereocenters. The maximum absolute atomic E-state index is 9.24. The molecule has 1 N–H and O–H groups in total. The highest BCUT2D eigenvalue weighted by Gasteiger charge is 2.19. The molecule has 3 heteroatoms. The summed E-state index contributed by atoms with van der Waals surface area (Å²) in [6.45, 7) is 5.07. The molecule has 0 radical (unpaired) electrons. The quantitative estimate of drug-likeness (QED) is 0.830. The van der Waals surface area contributed by atoms with Gasteiger partial charge in [-0.05, 0) is 12.1 Å². The zero-order chi connectivity index (χ0) is 12.2. The van der Waals surface area contributed by atoms with E-state index in [1.807, 2.05) is 45.2 Å². The first-order valence-corrected chi connectivity index (χ1v) is 5.44. The van der Waals surface area contributed by atoms with Crippen LogP contribution in [0.1, 0.15) is 13.8 Å². The summed E-state index contributed by atoms with van der Waals surface area (Å²) in [6, 6.07) is 7.93. The van der Waals surface area contributed by atoms with E-state index in [1.165, 1.54) is 0 Å². The lowest BCUT2D eigenvalue weighted by atomic mass is 9.94. The van der Waals surface area contributed by atoms with Crippen molar-refractivity contribution in [1.82, 2.24) is 0 Å². The number of hydrogen-bond acceptors (Lipinski definition) is 3. The first-order chi connectivity index (χ1) is 7.48. The minimum Gasteiger partial charge on any atom is -0.497 e. The topological polar surface area (TPSA) is 32.7 Å². The minimum atomic E-state index is -0.0994. The number of rotatable bonds is 5. The van der Waals surface area contributed by atoms with Crippen molar-refractivity contribution in [1.29, 1.82) is 0 Å². The van der Waals surface area contributed by atoms with E-state index in [2.05, 4.69) is 4.90 Å². The Labute approximate surface area is 97.7 Å². The highest BCUT2D eigenvalue weighted by Crippen LogP contribution is 2.23. The van der Waals surface area contributed by atoms with E-state index in [9.17, 15) is 5.11 Å². The average molecular weight is 223 g/mol. The molecule has 16 heavy (non-hydrogen) atoms. The SMILES string of the molecule is COc1cccc(N(C)CC(C)(C)CO)c1. The molecule has 0 aliphatic rings. The summed E-state index contributed by atoms with van der Waals surface area (Å²) in [6.07, 6.45) is 0. The number of benzene rings is 1.